The van der Waals surface area contributed by atoms with Crippen molar-refractivity contribution in [3.63, 3.8) is 0 Å². The van der Waals surface area contributed by atoms with Gasteiger partial charge in [-0.2, -0.15) is 0 Å². The lowest BCUT2D eigenvalue weighted by molar-refractivity contribution is 0.0501. The lowest BCUT2D eigenvalue weighted by Crippen LogP contribution is -2.12. The summed E-state index contributed by atoms with van der Waals surface area (Å²) in [6, 6.07) is 2.49. The molecule has 2 N–H and O–H groups in total. The molecule has 1 aromatic carbocycles. The summed E-state index contributed by atoms with van der Waals surface area (Å²) in [4.78, 5) is 11.5. The van der Waals surface area contributed by atoms with Gasteiger partial charge in [-0.05, 0) is 18.6 Å². The smallest absolute Gasteiger partial charge is 0.343 e. The van der Waals surface area contributed by atoms with E-state index >= 15 is 0 Å². The first-order valence-corrected chi connectivity index (χ1v) is 4.90. The first-order valence-electron chi connectivity index (χ1n) is 4.90. The molecule has 5 heteroatoms. The van der Waals surface area contributed by atoms with Crippen LogP contribution < -0.4 is 10.5 Å². The average molecular weight is 227 g/mol. The predicted octanol–water partition coefficient (Wildman–Crippen LogP) is 1.98. The number of anilines is 1. The third-order valence-electron chi connectivity index (χ3n) is 2.02. The molecule has 0 unspecified atom stereocenters. The Hall–Kier alpha value is -1.78. The molecule has 0 aliphatic carbocycles. The van der Waals surface area contributed by atoms with E-state index in [0.29, 0.717) is 6.42 Å². The Kier molecular flexibility index (Phi) is 4.10. The fourth-order valence-electron chi connectivity index (χ4n) is 1.23. The van der Waals surface area contributed by atoms with Crippen molar-refractivity contribution in [3.05, 3.63) is 23.5 Å². The van der Waals surface area contributed by atoms with Gasteiger partial charge in [-0.25, -0.2) is 9.18 Å². The van der Waals surface area contributed by atoms with Crippen molar-refractivity contribution >= 4 is 11.7 Å². The van der Waals surface area contributed by atoms with Gasteiger partial charge in [0.25, 0.3) is 0 Å². The van der Waals surface area contributed by atoms with Crippen molar-refractivity contribution in [1.82, 2.24) is 0 Å². The average Bonchev–Trinajstić information content (AvgIpc) is 2.26. The van der Waals surface area contributed by atoms with E-state index in [1.807, 2.05) is 6.92 Å². The van der Waals surface area contributed by atoms with Gasteiger partial charge in [0.15, 0.2) is 0 Å². The van der Waals surface area contributed by atoms with Crippen LogP contribution in [0.5, 0.6) is 5.75 Å². The number of carbonyl (C=O) groups excluding carboxylic acids is 1. The molecule has 88 valence electrons. The summed E-state index contributed by atoms with van der Waals surface area (Å²) < 4.78 is 23.1. The monoisotopic (exact) mass is 227 g/mol. The Bertz CT molecular complexity index is 393. The second-order valence-corrected chi connectivity index (χ2v) is 3.17. The zero-order valence-electron chi connectivity index (χ0n) is 9.25. The van der Waals surface area contributed by atoms with Crippen LogP contribution in [0.1, 0.15) is 23.7 Å². The number of rotatable bonds is 4. The molecule has 0 saturated carbocycles. The van der Waals surface area contributed by atoms with Crippen molar-refractivity contribution in [2.24, 2.45) is 0 Å². The minimum Gasteiger partial charge on any atom is -0.495 e. The van der Waals surface area contributed by atoms with Crippen LogP contribution in [-0.4, -0.2) is 19.7 Å². The van der Waals surface area contributed by atoms with Crippen LogP contribution in [0, 0.1) is 5.82 Å². The Morgan fingerprint density at radius 2 is 2.19 bits per heavy atom. The van der Waals surface area contributed by atoms with Crippen LogP contribution in [0.2, 0.25) is 0 Å². The SMILES string of the molecule is CCCOC(=O)c1c(F)ccc(OC)c1N. The number of ether oxygens (including phenoxy) is 2. The molecular formula is C11H14FNO3. The number of hydrogen-bond donors (Lipinski definition) is 1. The Morgan fingerprint density at radius 1 is 1.50 bits per heavy atom. The number of nitrogens with two attached hydrogens (primary N) is 1. The normalized spacial score (nSPS) is 9.94. The van der Waals surface area contributed by atoms with E-state index in [1.54, 1.807) is 0 Å². The summed E-state index contributed by atoms with van der Waals surface area (Å²) in [5.41, 5.74) is 5.29. The number of benzene rings is 1. The quantitative estimate of drug-likeness (QED) is 0.631. The Labute approximate surface area is 93.2 Å². The molecule has 4 nitrogen and oxygen atoms in total. The summed E-state index contributed by atoms with van der Waals surface area (Å²) in [6.07, 6.45) is 0.664. The molecule has 1 rings (SSSR count). The highest BCUT2D eigenvalue weighted by Gasteiger charge is 2.19. The van der Waals surface area contributed by atoms with E-state index in [4.69, 9.17) is 15.2 Å². The van der Waals surface area contributed by atoms with Gasteiger partial charge in [-0.1, -0.05) is 6.92 Å². The number of esters is 1. The first kappa shape index (κ1) is 12.3. The zero-order valence-corrected chi connectivity index (χ0v) is 9.25. The van der Waals surface area contributed by atoms with Crippen molar-refractivity contribution in [2.75, 3.05) is 19.5 Å². The maximum atomic E-state index is 13.4. The highest BCUT2D eigenvalue weighted by atomic mass is 19.1. The fourth-order valence-corrected chi connectivity index (χ4v) is 1.23. The van der Waals surface area contributed by atoms with Crippen LogP contribution in [0.3, 0.4) is 0 Å². The van der Waals surface area contributed by atoms with Crippen LogP contribution in [0.4, 0.5) is 10.1 Å². The summed E-state index contributed by atoms with van der Waals surface area (Å²) in [6.45, 7) is 2.08. The molecule has 0 aromatic heterocycles. The maximum Gasteiger partial charge on any atom is 0.343 e. The lowest BCUT2D eigenvalue weighted by atomic mass is 10.1. The number of carbonyl (C=O) groups is 1. The van der Waals surface area contributed by atoms with Gasteiger partial charge in [-0.3, -0.25) is 0 Å². The Morgan fingerprint density at radius 3 is 2.75 bits per heavy atom. The molecule has 0 aliphatic rings. The summed E-state index contributed by atoms with van der Waals surface area (Å²) in [7, 11) is 1.39. The second kappa shape index (κ2) is 5.34. The van der Waals surface area contributed by atoms with E-state index in [2.05, 4.69) is 0 Å². The van der Waals surface area contributed by atoms with E-state index < -0.39 is 11.8 Å². The van der Waals surface area contributed by atoms with Crippen molar-refractivity contribution in [3.8, 4) is 5.75 Å². The predicted molar refractivity (Wildman–Crippen MR) is 57.9 cm³/mol. The number of methoxy groups -OCH3 is 1. The molecule has 16 heavy (non-hydrogen) atoms. The molecule has 1 aromatic rings. The third kappa shape index (κ3) is 2.42. The molecular weight excluding hydrogens is 213 g/mol. The van der Waals surface area contributed by atoms with Gasteiger partial charge in [0.05, 0.1) is 19.4 Å². The van der Waals surface area contributed by atoms with Crippen molar-refractivity contribution in [2.45, 2.75) is 13.3 Å². The minimum absolute atomic E-state index is 0.0383. The standard InChI is InChI=1S/C11H14FNO3/c1-3-6-16-11(14)9-7(12)4-5-8(15-2)10(9)13/h4-5H,3,6,13H2,1-2H3. The molecule has 0 bridgehead atoms. The van der Waals surface area contributed by atoms with Crippen LogP contribution in [0.15, 0.2) is 12.1 Å². The topological polar surface area (TPSA) is 61.5 Å². The number of hydrogen-bond acceptors (Lipinski definition) is 4. The zero-order chi connectivity index (χ0) is 12.1. The summed E-state index contributed by atoms with van der Waals surface area (Å²) in [5.74, 6) is -1.22. The summed E-state index contributed by atoms with van der Waals surface area (Å²) >= 11 is 0. The highest BCUT2D eigenvalue weighted by molar-refractivity contribution is 5.96. The lowest BCUT2D eigenvalue weighted by Gasteiger charge is -2.10. The molecule has 0 amide bonds. The number of halogens is 1. The van der Waals surface area contributed by atoms with Gasteiger partial charge < -0.3 is 15.2 Å². The van der Waals surface area contributed by atoms with Crippen LogP contribution in [0.25, 0.3) is 0 Å². The molecule has 0 atom stereocenters. The molecule has 0 saturated heterocycles. The van der Waals surface area contributed by atoms with E-state index in [9.17, 15) is 9.18 Å². The molecule has 0 radical (unpaired) electrons. The second-order valence-electron chi connectivity index (χ2n) is 3.17. The molecule has 0 heterocycles. The van der Waals surface area contributed by atoms with Gasteiger partial charge in [-0.15, -0.1) is 0 Å². The highest BCUT2D eigenvalue weighted by Crippen LogP contribution is 2.27. The number of nitrogen functional groups attached to an aromatic ring is 1. The van der Waals surface area contributed by atoms with Crippen molar-refractivity contribution < 1.29 is 18.7 Å². The van der Waals surface area contributed by atoms with Gasteiger partial charge in [0, 0.05) is 0 Å². The van der Waals surface area contributed by atoms with Gasteiger partial charge in [0.1, 0.15) is 17.1 Å². The van der Waals surface area contributed by atoms with Crippen LogP contribution >= 0.6 is 0 Å². The van der Waals surface area contributed by atoms with Gasteiger partial charge >= 0.3 is 5.97 Å². The van der Waals surface area contributed by atoms with E-state index in [0.717, 1.165) is 6.07 Å². The van der Waals surface area contributed by atoms with Crippen LogP contribution in [-0.2, 0) is 4.74 Å². The van der Waals surface area contributed by atoms with Crippen molar-refractivity contribution in [1.29, 1.82) is 0 Å². The Balaban J connectivity index is 3.06. The first-order chi connectivity index (χ1) is 7.61. The van der Waals surface area contributed by atoms with Gasteiger partial charge in [0.2, 0.25) is 0 Å². The third-order valence-corrected chi connectivity index (χ3v) is 2.02. The van der Waals surface area contributed by atoms with E-state index in [-0.39, 0.29) is 23.6 Å². The molecule has 0 spiro atoms. The molecule has 0 fully saturated rings. The summed E-state index contributed by atoms with van der Waals surface area (Å²) in [5, 5.41) is 0. The maximum absolute atomic E-state index is 13.4. The minimum atomic E-state index is -0.768. The molecule has 0 aliphatic heterocycles. The fraction of sp³-hybridized carbons (Fsp3) is 0.364. The van der Waals surface area contributed by atoms with E-state index in [1.165, 1.54) is 13.2 Å². The largest absolute Gasteiger partial charge is 0.495 e.